The van der Waals surface area contributed by atoms with Gasteiger partial charge in [-0.25, -0.2) is 0 Å². The molecule has 0 bridgehead atoms. The molecule has 0 aliphatic carbocycles. The zero-order valence-corrected chi connectivity index (χ0v) is 14.2. The van der Waals surface area contributed by atoms with Gasteiger partial charge in [0.25, 0.3) is 0 Å². The number of carbonyl (C=O) groups is 2. The van der Waals surface area contributed by atoms with Crippen LogP contribution in [0.2, 0.25) is 0 Å². The monoisotopic (exact) mass is 346 g/mol. The first-order valence-corrected chi connectivity index (χ1v) is 10.1. The highest BCUT2D eigenvalue weighted by Crippen LogP contribution is 2.58. The molecule has 0 unspecified atom stereocenters. The largest absolute Gasteiger partial charge is 0.298 e. The number of allylic oxidation sites excluding steroid dienone is 1. The number of thioether (sulfide) groups is 4. The van der Waals surface area contributed by atoms with E-state index in [0.29, 0.717) is 10.5 Å². The Hall–Kier alpha value is -0.0800. The highest BCUT2D eigenvalue weighted by Gasteiger charge is 2.24. The fraction of sp³-hybridized carbons (Fsp3) is 0.167. The lowest BCUT2D eigenvalue weighted by Crippen LogP contribution is -1.83. The molecule has 1 aromatic rings. The van der Waals surface area contributed by atoms with E-state index in [9.17, 15) is 9.59 Å². The maximum absolute atomic E-state index is 11.4. The van der Waals surface area contributed by atoms with Gasteiger partial charge in [0.05, 0.1) is 23.2 Å². The third kappa shape index (κ3) is 3.33. The van der Waals surface area contributed by atoms with Crippen LogP contribution in [0, 0.1) is 0 Å². The molecule has 2 rings (SSSR count). The molecule has 1 aliphatic heterocycles. The van der Waals surface area contributed by atoms with Gasteiger partial charge < -0.3 is 0 Å². The van der Waals surface area contributed by atoms with E-state index in [4.69, 9.17) is 0 Å². The predicted octanol–water partition coefficient (Wildman–Crippen LogP) is 4.76. The molecule has 1 aromatic heterocycles. The molecular formula is C12H10O2S5. The van der Waals surface area contributed by atoms with E-state index < -0.39 is 0 Å². The van der Waals surface area contributed by atoms with E-state index >= 15 is 0 Å². The number of hydrogen-bond donors (Lipinski definition) is 0. The van der Waals surface area contributed by atoms with Crippen LogP contribution in [0.25, 0.3) is 5.57 Å². The molecular weight excluding hydrogens is 336 g/mol. The van der Waals surface area contributed by atoms with Gasteiger partial charge in [-0.05, 0) is 24.6 Å². The Morgan fingerprint density at radius 1 is 1.11 bits per heavy atom. The predicted molar refractivity (Wildman–Crippen MR) is 91.9 cm³/mol. The highest BCUT2D eigenvalue weighted by atomic mass is 32.3. The molecule has 0 saturated heterocycles. The smallest absolute Gasteiger partial charge is 0.160 e. The minimum absolute atomic E-state index is 0.645. The lowest BCUT2D eigenvalue weighted by Gasteiger charge is -2.01. The van der Waals surface area contributed by atoms with E-state index in [0.717, 1.165) is 21.7 Å². The zero-order valence-electron chi connectivity index (χ0n) is 10.2. The van der Waals surface area contributed by atoms with Gasteiger partial charge >= 0.3 is 0 Å². The average Bonchev–Trinajstić information content (AvgIpc) is 3.06. The summed E-state index contributed by atoms with van der Waals surface area (Å²) in [7, 11) is 0. The molecule has 1 aliphatic rings. The molecule has 0 saturated carbocycles. The van der Waals surface area contributed by atoms with Gasteiger partial charge in [0.2, 0.25) is 0 Å². The molecule has 7 heteroatoms. The van der Waals surface area contributed by atoms with E-state index in [1.54, 1.807) is 53.1 Å². The van der Waals surface area contributed by atoms with Gasteiger partial charge in [0.15, 0.2) is 12.6 Å². The van der Waals surface area contributed by atoms with Crippen LogP contribution >= 0.6 is 58.4 Å². The number of carbonyl (C=O) groups excluding carboxylic acids is 2. The molecule has 19 heavy (non-hydrogen) atoms. The van der Waals surface area contributed by atoms with Crippen LogP contribution in [-0.4, -0.2) is 25.1 Å². The highest BCUT2D eigenvalue weighted by molar-refractivity contribution is 8.40. The summed E-state index contributed by atoms with van der Waals surface area (Å²) in [5.41, 5.74) is 0.684. The SMILES string of the molecule is CSC1=C(SC)SC(=C(C=O)c2ccc(C=O)s2)S1. The molecule has 2 heterocycles. The van der Waals surface area contributed by atoms with Crippen LogP contribution in [0.5, 0.6) is 0 Å². The molecule has 0 fully saturated rings. The Morgan fingerprint density at radius 2 is 1.74 bits per heavy atom. The summed E-state index contributed by atoms with van der Waals surface area (Å²) in [5.74, 6) is 0. The molecule has 0 amide bonds. The third-order valence-corrected chi connectivity index (χ3v) is 8.55. The van der Waals surface area contributed by atoms with Crippen molar-refractivity contribution in [2.45, 2.75) is 0 Å². The second-order valence-electron chi connectivity index (χ2n) is 3.33. The standard InChI is InChI=1S/C12H10O2S5/c1-15-11-12(16-2)19-10(18-11)8(6-14)9-4-3-7(5-13)17-9/h3-6H,1-2H3. The number of rotatable bonds is 5. The summed E-state index contributed by atoms with van der Waals surface area (Å²) < 4.78 is 3.47. The normalized spacial score (nSPS) is 14.9. The van der Waals surface area contributed by atoms with Crippen molar-refractivity contribution in [2.24, 2.45) is 0 Å². The Kier molecular flexibility index (Phi) is 5.70. The molecule has 0 atom stereocenters. The number of aldehydes is 2. The Labute approximate surface area is 132 Å². The topological polar surface area (TPSA) is 34.1 Å². The summed E-state index contributed by atoms with van der Waals surface area (Å²) >= 11 is 8.03. The lowest BCUT2D eigenvalue weighted by molar-refractivity contribution is -0.103. The van der Waals surface area contributed by atoms with Crippen molar-refractivity contribution in [3.63, 3.8) is 0 Å². The second-order valence-corrected chi connectivity index (χ2v) is 8.89. The van der Waals surface area contributed by atoms with Crippen molar-refractivity contribution in [1.29, 1.82) is 0 Å². The van der Waals surface area contributed by atoms with E-state index in [-0.39, 0.29) is 0 Å². The Bertz CT molecular complexity index is 552. The van der Waals surface area contributed by atoms with Gasteiger partial charge in [-0.15, -0.1) is 34.9 Å². The quantitative estimate of drug-likeness (QED) is 0.565. The number of hydrogen-bond acceptors (Lipinski definition) is 7. The van der Waals surface area contributed by atoms with Gasteiger partial charge in [-0.2, -0.15) is 0 Å². The Morgan fingerprint density at radius 3 is 2.16 bits per heavy atom. The summed E-state index contributed by atoms with van der Waals surface area (Å²) in [6.45, 7) is 0. The van der Waals surface area contributed by atoms with Crippen LogP contribution < -0.4 is 0 Å². The van der Waals surface area contributed by atoms with Gasteiger partial charge in [0, 0.05) is 4.88 Å². The van der Waals surface area contributed by atoms with Crippen molar-refractivity contribution < 1.29 is 9.59 Å². The Balaban J connectivity index is 2.35. The van der Waals surface area contributed by atoms with Crippen molar-refractivity contribution in [3.8, 4) is 0 Å². The molecule has 100 valence electrons. The van der Waals surface area contributed by atoms with Crippen LogP contribution in [0.3, 0.4) is 0 Å². The van der Waals surface area contributed by atoms with Crippen LogP contribution in [0.1, 0.15) is 14.5 Å². The van der Waals surface area contributed by atoms with Crippen molar-refractivity contribution in [1.82, 2.24) is 0 Å². The molecule has 2 nitrogen and oxygen atoms in total. The van der Waals surface area contributed by atoms with Crippen LogP contribution in [0.4, 0.5) is 0 Å². The molecule has 0 radical (unpaired) electrons. The summed E-state index contributed by atoms with van der Waals surface area (Å²) in [4.78, 5) is 23.6. The van der Waals surface area contributed by atoms with E-state index in [1.807, 2.05) is 18.6 Å². The third-order valence-electron chi connectivity index (χ3n) is 2.25. The minimum atomic E-state index is 0.645. The van der Waals surface area contributed by atoms with E-state index in [2.05, 4.69) is 0 Å². The van der Waals surface area contributed by atoms with Crippen LogP contribution in [-0.2, 0) is 4.79 Å². The van der Waals surface area contributed by atoms with Gasteiger partial charge in [0.1, 0.15) is 0 Å². The van der Waals surface area contributed by atoms with Gasteiger partial charge in [-0.3, -0.25) is 9.59 Å². The lowest BCUT2D eigenvalue weighted by atomic mass is 10.3. The molecule has 0 N–H and O–H groups in total. The minimum Gasteiger partial charge on any atom is -0.298 e. The van der Waals surface area contributed by atoms with Gasteiger partial charge in [-0.1, -0.05) is 23.5 Å². The summed E-state index contributed by atoms with van der Waals surface area (Å²) in [6, 6.07) is 3.59. The summed E-state index contributed by atoms with van der Waals surface area (Å²) in [5, 5.41) is 0. The molecule has 0 spiro atoms. The first kappa shape index (κ1) is 15.3. The average molecular weight is 347 g/mol. The zero-order chi connectivity index (χ0) is 13.8. The first-order valence-electron chi connectivity index (χ1n) is 5.16. The molecule has 0 aromatic carbocycles. The van der Waals surface area contributed by atoms with Crippen LogP contribution in [0.15, 0.2) is 24.8 Å². The first-order chi connectivity index (χ1) is 9.23. The fourth-order valence-electron chi connectivity index (χ4n) is 1.40. The number of thiophene rings is 1. The van der Waals surface area contributed by atoms with Crippen molar-refractivity contribution in [3.05, 3.63) is 34.6 Å². The fourth-order valence-corrected chi connectivity index (χ4v) is 7.39. The van der Waals surface area contributed by atoms with E-state index in [1.165, 1.54) is 19.8 Å². The second kappa shape index (κ2) is 7.08. The maximum Gasteiger partial charge on any atom is 0.160 e. The maximum atomic E-state index is 11.4. The van der Waals surface area contributed by atoms with Crippen molar-refractivity contribution in [2.75, 3.05) is 12.5 Å². The van der Waals surface area contributed by atoms with Crippen molar-refractivity contribution >= 4 is 76.5 Å². The summed E-state index contributed by atoms with van der Waals surface area (Å²) in [6.07, 6.45) is 5.78.